The molecule has 1 aromatic rings. The molecule has 1 unspecified atom stereocenters. The van der Waals surface area contributed by atoms with Crippen molar-refractivity contribution in [2.75, 3.05) is 6.54 Å². The van der Waals surface area contributed by atoms with E-state index in [1.807, 2.05) is 0 Å². The Labute approximate surface area is 91.9 Å². The maximum absolute atomic E-state index is 11.5. The Balaban J connectivity index is 2.01. The molecule has 0 aliphatic carbocycles. The third-order valence-electron chi connectivity index (χ3n) is 2.56. The van der Waals surface area contributed by atoms with E-state index in [9.17, 15) is 9.59 Å². The summed E-state index contributed by atoms with van der Waals surface area (Å²) in [6, 6.07) is 0. The van der Waals surface area contributed by atoms with Crippen molar-refractivity contribution in [2.45, 2.75) is 19.9 Å². The Morgan fingerprint density at radius 2 is 2.50 bits per heavy atom. The fourth-order valence-corrected chi connectivity index (χ4v) is 1.73. The SMILES string of the molecule is Cc1cnc(CN2CC(C(=O)O)CC2=O)o1. The average molecular weight is 224 g/mol. The maximum Gasteiger partial charge on any atom is 0.308 e. The zero-order valence-electron chi connectivity index (χ0n) is 8.84. The molecule has 16 heavy (non-hydrogen) atoms. The van der Waals surface area contributed by atoms with Crippen LogP contribution in [0.4, 0.5) is 0 Å². The van der Waals surface area contributed by atoms with Crippen molar-refractivity contribution >= 4 is 11.9 Å². The highest BCUT2D eigenvalue weighted by molar-refractivity contribution is 5.85. The molecule has 1 aliphatic heterocycles. The lowest BCUT2D eigenvalue weighted by molar-refractivity contribution is -0.141. The highest BCUT2D eigenvalue weighted by atomic mass is 16.4. The van der Waals surface area contributed by atoms with Crippen LogP contribution in [0, 0.1) is 12.8 Å². The maximum atomic E-state index is 11.5. The number of amides is 1. The number of carboxylic acids is 1. The number of carbonyl (C=O) groups excluding carboxylic acids is 1. The molecular formula is C10H12N2O4. The van der Waals surface area contributed by atoms with Crippen LogP contribution >= 0.6 is 0 Å². The molecule has 1 amide bonds. The van der Waals surface area contributed by atoms with Gasteiger partial charge in [-0.05, 0) is 6.92 Å². The van der Waals surface area contributed by atoms with Crippen molar-refractivity contribution in [1.82, 2.24) is 9.88 Å². The number of rotatable bonds is 3. The Bertz CT molecular complexity index is 426. The predicted molar refractivity (Wildman–Crippen MR) is 52.4 cm³/mol. The first-order chi connectivity index (χ1) is 7.56. The van der Waals surface area contributed by atoms with Crippen LogP contribution in [0.2, 0.25) is 0 Å². The minimum absolute atomic E-state index is 0.0645. The van der Waals surface area contributed by atoms with Crippen molar-refractivity contribution < 1.29 is 19.1 Å². The zero-order valence-corrected chi connectivity index (χ0v) is 8.84. The molecule has 0 spiro atoms. The van der Waals surface area contributed by atoms with E-state index in [1.54, 1.807) is 13.1 Å². The predicted octanol–water partition coefficient (Wildman–Crippen LogP) is 0.416. The van der Waals surface area contributed by atoms with Gasteiger partial charge in [-0.3, -0.25) is 9.59 Å². The van der Waals surface area contributed by atoms with Gasteiger partial charge >= 0.3 is 5.97 Å². The molecular weight excluding hydrogens is 212 g/mol. The fourth-order valence-electron chi connectivity index (χ4n) is 1.73. The summed E-state index contributed by atoms with van der Waals surface area (Å²) in [6.07, 6.45) is 1.64. The number of carboxylic acid groups (broad SMARTS) is 1. The van der Waals surface area contributed by atoms with Crippen LogP contribution < -0.4 is 0 Å². The lowest BCUT2D eigenvalue weighted by atomic mass is 10.1. The van der Waals surface area contributed by atoms with Gasteiger partial charge in [0.25, 0.3) is 0 Å². The van der Waals surface area contributed by atoms with Gasteiger partial charge in [-0.15, -0.1) is 0 Å². The van der Waals surface area contributed by atoms with E-state index in [1.165, 1.54) is 4.90 Å². The lowest BCUT2D eigenvalue weighted by Gasteiger charge is -2.12. The van der Waals surface area contributed by atoms with E-state index >= 15 is 0 Å². The van der Waals surface area contributed by atoms with Gasteiger partial charge in [0.2, 0.25) is 11.8 Å². The lowest BCUT2D eigenvalue weighted by Crippen LogP contribution is -2.25. The van der Waals surface area contributed by atoms with Gasteiger partial charge in [-0.25, -0.2) is 4.98 Å². The second kappa shape index (κ2) is 3.96. The average Bonchev–Trinajstić information content (AvgIpc) is 2.75. The molecule has 86 valence electrons. The number of aliphatic carboxylic acids is 1. The molecule has 2 heterocycles. The van der Waals surface area contributed by atoms with Crippen molar-refractivity contribution in [3.63, 3.8) is 0 Å². The summed E-state index contributed by atoms with van der Waals surface area (Å²) in [7, 11) is 0. The van der Waals surface area contributed by atoms with Crippen molar-refractivity contribution in [2.24, 2.45) is 5.92 Å². The number of hydrogen-bond acceptors (Lipinski definition) is 4. The molecule has 1 saturated heterocycles. The van der Waals surface area contributed by atoms with E-state index in [2.05, 4.69) is 4.98 Å². The van der Waals surface area contributed by atoms with Gasteiger partial charge < -0.3 is 14.4 Å². The first-order valence-corrected chi connectivity index (χ1v) is 4.98. The van der Waals surface area contributed by atoms with Crippen LogP contribution in [0.15, 0.2) is 10.6 Å². The summed E-state index contributed by atoms with van der Waals surface area (Å²) in [5, 5.41) is 8.80. The molecule has 1 atom stereocenters. The number of carbonyl (C=O) groups is 2. The normalized spacial score (nSPS) is 20.4. The summed E-state index contributed by atoms with van der Waals surface area (Å²) >= 11 is 0. The van der Waals surface area contributed by atoms with Crippen molar-refractivity contribution in [3.8, 4) is 0 Å². The summed E-state index contributed by atoms with van der Waals surface area (Å²) in [5.41, 5.74) is 0. The van der Waals surface area contributed by atoms with Crippen LogP contribution in [-0.2, 0) is 16.1 Å². The standard InChI is InChI=1S/C10H12N2O4/c1-6-3-11-8(16-6)5-12-4-7(10(14)15)2-9(12)13/h3,7H,2,4-5H2,1H3,(H,14,15). The fraction of sp³-hybridized carbons (Fsp3) is 0.500. The number of hydrogen-bond donors (Lipinski definition) is 1. The van der Waals surface area contributed by atoms with Gasteiger partial charge in [-0.1, -0.05) is 0 Å². The minimum atomic E-state index is -0.931. The van der Waals surface area contributed by atoms with Crippen LogP contribution in [-0.4, -0.2) is 33.4 Å². The quantitative estimate of drug-likeness (QED) is 0.804. The number of likely N-dealkylation sites (tertiary alicyclic amines) is 1. The second-order valence-corrected chi connectivity index (χ2v) is 3.88. The highest BCUT2D eigenvalue weighted by Crippen LogP contribution is 2.20. The molecule has 1 aromatic heterocycles. The van der Waals surface area contributed by atoms with E-state index in [-0.39, 0.29) is 25.4 Å². The number of aryl methyl sites for hydroxylation is 1. The Morgan fingerprint density at radius 3 is 3.00 bits per heavy atom. The molecule has 0 radical (unpaired) electrons. The van der Waals surface area contributed by atoms with Gasteiger partial charge in [0.05, 0.1) is 18.7 Å². The van der Waals surface area contributed by atoms with Crippen molar-refractivity contribution in [3.05, 3.63) is 17.8 Å². The second-order valence-electron chi connectivity index (χ2n) is 3.88. The van der Waals surface area contributed by atoms with E-state index in [0.29, 0.717) is 11.7 Å². The Hall–Kier alpha value is -1.85. The van der Waals surface area contributed by atoms with Crippen molar-refractivity contribution in [1.29, 1.82) is 0 Å². The first-order valence-electron chi connectivity index (χ1n) is 4.98. The largest absolute Gasteiger partial charge is 0.481 e. The van der Waals surface area contributed by atoms with Crippen LogP contribution in [0.1, 0.15) is 18.1 Å². The van der Waals surface area contributed by atoms with Gasteiger partial charge in [0.15, 0.2) is 0 Å². The van der Waals surface area contributed by atoms with Crippen LogP contribution in [0.3, 0.4) is 0 Å². The van der Waals surface area contributed by atoms with E-state index in [0.717, 1.165) is 0 Å². The number of nitrogens with zero attached hydrogens (tertiary/aromatic N) is 2. The topological polar surface area (TPSA) is 83.6 Å². The van der Waals surface area contributed by atoms with Gasteiger partial charge in [-0.2, -0.15) is 0 Å². The molecule has 0 aromatic carbocycles. The molecule has 6 nitrogen and oxygen atoms in total. The number of oxazole rings is 1. The molecule has 1 fully saturated rings. The van der Waals surface area contributed by atoms with Gasteiger partial charge in [0.1, 0.15) is 5.76 Å². The molecule has 0 saturated carbocycles. The molecule has 2 rings (SSSR count). The van der Waals surface area contributed by atoms with Gasteiger partial charge in [0, 0.05) is 13.0 Å². The molecule has 0 bridgehead atoms. The molecule has 6 heteroatoms. The smallest absolute Gasteiger partial charge is 0.308 e. The third kappa shape index (κ3) is 2.05. The minimum Gasteiger partial charge on any atom is -0.481 e. The number of aromatic nitrogens is 1. The Kier molecular flexibility index (Phi) is 2.64. The van der Waals surface area contributed by atoms with E-state index in [4.69, 9.17) is 9.52 Å². The highest BCUT2D eigenvalue weighted by Gasteiger charge is 2.34. The first kappa shape index (κ1) is 10.7. The molecule has 1 N–H and O–H groups in total. The molecule has 1 aliphatic rings. The summed E-state index contributed by atoms with van der Waals surface area (Å²) < 4.78 is 5.24. The van der Waals surface area contributed by atoms with Crippen LogP contribution in [0.25, 0.3) is 0 Å². The summed E-state index contributed by atoms with van der Waals surface area (Å²) in [4.78, 5) is 27.7. The van der Waals surface area contributed by atoms with E-state index < -0.39 is 11.9 Å². The zero-order chi connectivity index (χ0) is 11.7. The summed E-state index contributed by atoms with van der Waals surface area (Å²) in [5.74, 6) is -0.584. The third-order valence-corrected chi connectivity index (χ3v) is 2.56. The monoisotopic (exact) mass is 224 g/mol. The Morgan fingerprint density at radius 1 is 1.75 bits per heavy atom. The summed E-state index contributed by atoms with van der Waals surface area (Å²) in [6.45, 7) is 2.24. The van der Waals surface area contributed by atoms with Crippen LogP contribution in [0.5, 0.6) is 0 Å².